The maximum Gasteiger partial charge on any atom is 0.410 e. The molecule has 1 saturated heterocycles. The van der Waals surface area contributed by atoms with Crippen LogP contribution in [0, 0.1) is 11.3 Å². The van der Waals surface area contributed by atoms with Crippen LogP contribution in [0.2, 0.25) is 0 Å². The Labute approximate surface area is 137 Å². The topological polar surface area (TPSA) is 75.4 Å². The first kappa shape index (κ1) is 17.1. The van der Waals surface area contributed by atoms with E-state index in [-0.39, 0.29) is 12.1 Å². The Morgan fingerprint density at radius 3 is 2.96 bits per heavy atom. The van der Waals surface area contributed by atoms with Crippen molar-refractivity contribution in [2.24, 2.45) is 0 Å². The molecule has 0 aliphatic carbocycles. The van der Waals surface area contributed by atoms with E-state index in [1.807, 2.05) is 20.8 Å². The molecule has 23 heavy (non-hydrogen) atoms. The fourth-order valence-corrected chi connectivity index (χ4v) is 2.51. The second-order valence-corrected chi connectivity index (χ2v) is 6.62. The Morgan fingerprint density at radius 1 is 1.48 bits per heavy atom. The molecule has 2 rings (SSSR count). The molecule has 1 aromatic rings. The predicted molar refractivity (Wildman–Crippen MR) is 85.0 cm³/mol. The number of amides is 1. The molecule has 124 valence electrons. The van der Waals surface area contributed by atoms with E-state index < -0.39 is 5.60 Å². The first-order chi connectivity index (χ1) is 10.9. The molecule has 2 heterocycles. The second kappa shape index (κ2) is 7.32. The largest absolute Gasteiger partial charge is 0.488 e. The zero-order valence-corrected chi connectivity index (χ0v) is 13.9. The van der Waals surface area contributed by atoms with Gasteiger partial charge in [0.15, 0.2) is 5.75 Å². The summed E-state index contributed by atoms with van der Waals surface area (Å²) >= 11 is 0. The molecule has 1 amide bonds. The van der Waals surface area contributed by atoms with Crippen LogP contribution in [0.5, 0.6) is 5.75 Å². The minimum Gasteiger partial charge on any atom is -0.488 e. The molecule has 1 aliphatic heterocycles. The van der Waals surface area contributed by atoms with Crippen molar-refractivity contribution in [1.82, 2.24) is 9.88 Å². The number of piperidine rings is 1. The van der Waals surface area contributed by atoms with E-state index in [1.165, 1.54) is 6.20 Å². The first-order valence-corrected chi connectivity index (χ1v) is 7.87. The number of aromatic nitrogens is 1. The number of carbonyl (C=O) groups excluding carboxylic acids is 1. The van der Waals surface area contributed by atoms with E-state index in [0.29, 0.717) is 24.5 Å². The van der Waals surface area contributed by atoms with Crippen LogP contribution in [0.25, 0.3) is 0 Å². The van der Waals surface area contributed by atoms with E-state index in [1.54, 1.807) is 17.2 Å². The smallest absolute Gasteiger partial charge is 0.410 e. The van der Waals surface area contributed by atoms with Gasteiger partial charge in [-0.2, -0.15) is 5.26 Å². The lowest BCUT2D eigenvalue weighted by molar-refractivity contribution is 0.00358. The summed E-state index contributed by atoms with van der Waals surface area (Å²) in [4.78, 5) is 18.1. The minimum atomic E-state index is -0.517. The maximum atomic E-state index is 12.3. The third kappa shape index (κ3) is 4.85. The van der Waals surface area contributed by atoms with Gasteiger partial charge >= 0.3 is 6.09 Å². The van der Waals surface area contributed by atoms with Gasteiger partial charge in [-0.15, -0.1) is 0 Å². The van der Waals surface area contributed by atoms with Crippen LogP contribution >= 0.6 is 0 Å². The van der Waals surface area contributed by atoms with Gasteiger partial charge in [-0.1, -0.05) is 0 Å². The van der Waals surface area contributed by atoms with Crippen LogP contribution in [-0.4, -0.2) is 40.8 Å². The highest BCUT2D eigenvalue weighted by atomic mass is 16.6. The normalized spacial score (nSPS) is 18.2. The monoisotopic (exact) mass is 317 g/mol. The van der Waals surface area contributed by atoms with Gasteiger partial charge in [0.05, 0.1) is 17.8 Å². The zero-order valence-electron chi connectivity index (χ0n) is 13.9. The van der Waals surface area contributed by atoms with Crippen LogP contribution in [0.4, 0.5) is 4.79 Å². The Balaban J connectivity index is 2.01. The fraction of sp³-hybridized carbons (Fsp3) is 0.588. The average Bonchev–Trinajstić information content (AvgIpc) is 2.51. The van der Waals surface area contributed by atoms with Gasteiger partial charge in [-0.3, -0.25) is 4.98 Å². The maximum absolute atomic E-state index is 12.3. The number of hydrogen-bond donors (Lipinski definition) is 0. The van der Waals surface area contributed by atoms with Gasteiger partial charge in [-0.25, -0.2) is 4.79 Å². The van der Waals surface area contributed by atoms with Crippen molar-refractivity contribution in [1.29, 1.82) is 5.26 Å². The van der Waals surface area contributed by atoms with Crippen molar-refractivity contribution < 1.29 is 14.3 Å². The van der Waals surface area contributed by atoms with Crippen molar-refractivity contribution >= 4 is 6.09 Å². The van der Waals surface area contributed by atoms with Crippen LogP contribution < -0.4 is 4.74 Å². The summed E-state index contributed by atoms with van der Waals surface area (Å²) in [6.07, 6.45) is 5.65. The molecule has 0 radical (unpaired) electrons. The van der Waals surface area contributed by atoms with Crippen molar-refractivity contribution in [3.63, 3.8) is 0 Å². The molecule has 1 aromatic heterocycles. The predicted octanol–water partition coefficient (Wildman–Crippen LogP) is 3.12. The highest BCUT2D eigenvalue weighted by Crippen LogP contribution is 2.22. The quantitative estimate of drug-likeness (QED) is 0.856. The molecule has 1 atom stereocenters. The van der Waals surface area contributed by atoms with Crippen molar-refractivity contribution in [3.05, 3.63) is 24.0 Å². The van der Waals surface area contributed by atoms with Crippen LogP contribution in [0.1, 0.15) is 45.6 Å². The van der Waals surface area contributed by atoms with E-state index in [9.17, 15) is 4.79 Å². The summed E-state index contributed by atoms with van der Waals surface area (Å²) in [5, 5.41) is 9.08. The van der Waals surface area contributed by atoms with Gasteiger partial charge in [0.25, 0.3) is 0 Å². The molecule has 0 bridgehead atoms. The molecular weight excluding hydrogens is 294 g/mol. The molecule has 0 unspecified atom stereocenters. The summed E-state index contributed by atoms with van der Waals surface area (Å²) < 4.78 is 11.2. The number of pyridine rings is 1. The van der Waals surface area contributed by atoms with Crippen LogP contribution in [-0.2, 0) is 4.74 Å². The molecule has 0 N–H and O–H groups in total. The molecule has 1 aliphatic rings. The van der Waals surface area contributed by atoms with E-state index in [4.69, 9.17) is 14.7 Å². The van der Waals surface area contributed by atoms with Gasteiger partial charge < -0.3 is 14.4 Å². The molecule has 0 saturated carbocycles. The third-order valence-corrected chi connectivity index (χ3v) is 3.59. The standard InChI is InChI=1S/C17H23N3O3/c1-17(2,3)23-16(21)20-9-5-4-6-14(20)12-22-15-11-19-8-7-13(15)10-18/h7-8,11,14H,4-6,9,12H2,1-3H3/t14-/m1/s1. The van der Waals surface area contributed by atoms with Crippen molar-refractivity contribution in [3.8, 4) is 11.8 Å². The van der Waals surface area contributed by atoms with E-state index in [0.717, 1.165) is 19.3 Å². The first-order valence-electron chi connectivity index (χ1n) is 7.87. The van der Waals surface area contributed by atoms with Gasteiger partial charge in [0.2, 0.25) is 0 Å². The van der Waals surface area contributed by atoms with Gasteiger partial charge in [0.1, 0.15) is 18.3 Å². The lowest BCUT2D eigenvalue weighted by atomic mass is 10.0. The molecule has 1 fully saturated rings. The highest BCUT2D eigenvalue weighted by molar-refractivity contribution is 5.68. The summed E-state index contributed by atoms with van der Waals surface area (Å²) in [6.45, 7) is 6.57. The summed E-state index contributed by atoms with van der Waals surface area (Å²) in [6, 6.07) is 3.64. The SMILES string of the molecule is CC(C)(C)OC(=O)N1CCCC[C@@H]1COc1cnccc1C#N. The number of likely N-dealkylation sites (tertiary alicyclic amines) is 1. The Morgan fingerprint density at radius 2 is 2.26 bits per heavy atom. The van der Waals surface area contributed by atoms with Gasteiger partial charge in [-0.05, 0) is 46.1 Å². The summed E-state index contributed by atoms with van der Waals surface area (Å²) in [7, 11) is 0. The lowest BCUT2D eigenvalue weighted by Crippen LogP contribution is -2.48. The molecule has 0 spiro atoms. The highest BCUT2D eigenvalue weighted by Gasteiger charge is 2.31. The fourth-order valence-electron chi connectivity index (χ4n) is 2.51. The second-order valence-electron chi connectivity index (χ2n) is 6.62. The van der Waals surface area contributed by atoms with Gasteiger partial charge in [0, 0.05) is 12.7 Å². The zero-order chi connectivity index (χ0) is 16.9. The lowest BCUT2D eigenvalue weighted by Gasteiger charge is -2.36. The third-order valence-electron chi connectivity index (χ3n) is 3.59. The number of rotatable bonds is 3. The number of hydrogen-bond acceptors (Lipinski definition) is 5. The molecular formula is C17H23N3O3. The Bertz CT molecular complexity index is 589. The number of ether oxygens (including phenoxy) is 2. The van der Waals surface area contributed by atoms with Crippen molar-refractivity contribution in [2.45, 2.75) is 51.7 Å². The number of carbonyl (C=O) groups is 1. The molecule has 0 aromatic carbocycles. The number of nitrogens with zero attached hydrogens (tertiary/aromatic N) is 3. The molecule has 6 nitrogen and oxygen atoms in total. The number of nitriles is 1. The Kier molecular flexibility index (Phi) is 5.43. The molecule has 6 heteroatoms. The van der Waals surface area contributed by atoms with Crippen LogP contribution in [0.15, 0.2) is 18.5 Å². The van der Waals surface area contributed by atoms with E-state index in [2.05, 4.69) is 11.1 Å². The van der Waals surface area contributed by atoms with Crippen LogP contribution in [0.3, 0.4) is 0 Å². The minimum absolute atomic E-state index is 0.0506. The summed E-state index contributed by atoms with van der Waals surface area (Å²) in [5.74, 6) is 0.449. The summed E-state index contributed by atoms with van der Waals surface area (Å²) in [5.41, 5.74) is -0.0725. The van der Waals surface area contributed by atoms with Crippen molar-refractivity contribution in [2.75, 3.05) is 13.2 Å². The average molecular weight is 317 g/mol. The Hall–Kier alpha value is -2.29. The van der Waals surface area contributed by atoms with E-state index >= 15 is 0 Å².